The summed E-state index contributed by atoms with van der Waals surface area (Å²) in [5.41, 5.74) is 1.20. The number of carbonyl (C=O) groups is 2. The number of hydrogen-bond donors (Lipinski definition) is 0. The first-order valence-electron chi connectivity index (χ1n) is 7.50. The number of anilines is 1. The van der Waals surface area contributed by atoms with Gasteiger partial charge in [0.1, 0.15) is 5.75 Å². The molecule has 0 atom stereocenters. The van der Waals surface area contributed by atoms with Crippen LogP contribution in [0.5, 0.6) is 5.75 Å². The Balaban J connectivity index is 1.48. The number of ether oxygens (including phenoxy) is 1. The average molecular weight is 330 g/mol. The van der Waals surface area contributed by atoms with E-state index < -0.39 is 11.7 Å². The molecule has 5 heteroatoms. The first-order valence-corrected chi connectivity index (χ1v) is 7.88. The molecule has 0 aliphatic carbocycles. The molecule has 0 bridgehead atoms. The summed E-state index contributed by atoms with van der Waals surface area (Å²) in [6.07, 6.45) is 1.56. The Morgan fingerprint density at radius 1 is 0.957 bits per heavy atom. The predicted molar refractivity (Wildman–Crippen MR) is 89.3 cm³/mol. The molecule has 0 saturated carbocycles. The predicted octanol–water partition coefficient (Wildman–Crippen LogP) is 3.73. The molecule has 1 aliphatic heterocycles. The van der Waals surface area contributed by atoms with Crippen molar-refractivity contribution in [3.63, 3.8) is 0 Å². The maximum Gasteiger partial charge on any atom is 0.299 e. The summed E-state index contributed by atoms with van der Waals surface area (Å²) in [7, 11) is 0. The molecule has 0 saturated heterocycles. The second-order valence-electron chi connectivity index (χ2n) is 5.31. The van der Waals surface area contributed by atoms with E-state index >= 15 is 0 Å². The lowest BCUT2D eigenvalue weighted by molar-refractivity contribution is -0.114. The fourth-order valence-corrected chi connectivity index (χ4v) is 2.69. The largest absolute Gasteiger partial charge is 0.494 e. The van der Waals surface area contributed by atoms with Crippen LogP contribution in [0, 0.1) is 0 Å². The van der Waals surface area contributed by atoms with Crippen molar-refractivity contribution in [1.29, 1.82) is 0 Å². The van der Waals surface area contributed by atoms with Gasteiger partial charge in [-0.2, -0.15) is 0 Å². The second-order valence-corrected chi connectivity index (χ2v) is 5.75. The minimum absolute atomic E-state index is 0.419. The van der Waals surface area contributed by atoms with Gasteiger partial charge in [-0.3, -0.25) is 9.59 Å². The first kappa shape index (κ1) is 15.6. The topological polar surface area (TPSA) is 46.6 Å². The number of benzene rings is 2. The molecule has 1 heterocycles. The smallest absolute Gasteiger partial charge is 0.299 e. The van der Waals surface area contributed by atoms with Crippen LogP contribution in [0.3, 0.4) is 0 Å². The van der Waals surface area contributed by atoms with Gasteiger partial charge in [0.05, 0.1) is 17.9 Å². The van der Waals surface area contributed by atoms with E-state index in [1.807, 2.05) is 24.3 Å². The number of ketones is 1. The van der Waals surface area contributed by atoms with Gasteiger partial charge >= 0.3 is 0 Å². The number of nitrogens with zero attached hydrogens (tertiary/aromatic N) is 1. The van der Waals surface area contributed by atoms with Gasteiger partial charge in [0.25, 0.3) is 11.7 Å². The van der Waals surface area contributed by atoms with E-state index in [2.05, 4.69) is 0 Å². The van der Waals surface area contributed by atoms with E-state index in [1.165, 1.54) is 0 Å². The Kier molecular flexibility index (Phi) is 4.63. The lowest BCUT2D eigenvalue weighted by atomic mass is 10.1. The van der Waals surface area contributed by atoms with Crippen LogP contribution in [0.15, 0.2) is 48.5 Å². The first-order chi connectivity index (χ1) is 11.2. The molecule has 0 radical (unpaired) electrons. The summed E-state index contributed by atoms with van der Waals surface area (Å²) >= 11 is 5.81. The molecule has 0 aromatic heterocycles. The van der Waals surface area contributed by atoms with Crippen LogP contribution < -0.4 is 9.64 Å². The molecule has 23 heavy (non-hydrogen) atoms. The van der Waals surface area contributed by atoms with Crippen LogP contribution in [0.25, 0.3) is 0 Å². The third kappa shape index (κ3) is 3.37. The van der Waals surface area contributed by atoms with E-state index in [0.717, 1.165) is 18.6 Å². The molecule has 3 rings (SSSR count). The van der Waals surface area contributed by atoms with E-state index in [0.29, 0.717) is 29.4 Å². The van der Waals surface area contributed by atoms with Gasteiger partial charge in [-0.05, 0) is 49.2 Å². The minimum Gasteiger partial charge on any atom is -0.494 e. The summed E-state index contributed by atoms with van der Waals surface area (Å²) in [5, 5.41) is 0.674. The Labute approximate surface area is 139 Å². The number of carbonyl (C=O) groups excluding carboxylic acids is 2. The SMILES string of the molecule is O=C1C(=O)N(CCCCOc2ccc(Cl)cc2)c2ccccc21. The molecular weight excluding hydrogens is 314 g/mol. The van der Waals surface area contributed by atoms with Crippen LogP contribution in [-0.2, 0) is 4.79 Å². The number of unbranched alkanes of at least 4 members (excludes halogenated alkanes) is 1. The van der Waals surface area contributed by atoms with Crippen molar-refractivity contribution in [3.8, 4) is 5.75 Å². The normalized spacial score (nSPS) is 13.3. The molecule has 0 unspecified atom stereocenters. The highest BCUT2D eigenvalue weighted by Crippen LogP contribution is 2.28. The Morgan fingerprint density at radius 3 is 2.48 bits per heavy atom. The van der Waals surface area contributed by atoms with Crippen molar-refractivity contribution in [1.82, 2.24) is 0 Å². The number of fused-ring (bicyclic) bond motifs is 1. The molecule has 1 amide bonds. The van der Waals surface area contributed by atoms with Crippen molar-refractivity contribution in [3.05, 3.63) is 59.1 Å². The lowest BCUT2D eigenvalue weighted by Crippen LogP contribution is -2.30. The molecule has 1 aliphatic rings. The van der Waals surface area contributed by atoms with Crippen LogP contribution in [-0.4, -0.2) is 24.8 Å². The van der Waals surface area contributed by atoms with Gasteiger partial charge in [0.15, 0.2) is 0 Å². The van der Waals surface area contributed by atoms with Crippen molar-refractivity contribution in [2.45, 2.75) is 12.8 Å². The molecule has 4 nitrogen and oxygen atoms in total. The summed E-state index contributed by atoms with van der Waals surface area (Å²) in [6.45, 7) is 1.07. The third-order valence-corrected chi connectivity index (χ3v) is 3.99. The van der Waals surface area contributed by atoms with Gasteiger partial charge in [0.2, 0.25) is 0 Å². The molecule has 0 spiro atoms. The fraction of sp³-hybridized carbons (Fsp3) is 0.222. The number of amides is 1. The average Bonchev–Trinajstić information content (AvgIpc) is 2.81. The van der Waals surface area contributed by atoms with Gasteiger partial charge in [-0.1, -0.05) is 23.7 Å². The van der Waals surface area contributed by atoms with Crippen molar-refractivity contribution < 1.29 is 14.3 Å². The van der Waals surface area contributed by atoms with Crippen molar-refractivity contribution >= 4 is 29.0 Å². The lowest BCUT2D eigenvalue weighted by Gasteiger charge is -2.16. The summed E-state index contributed by atoms with van der Waals surface area (Å²) in [4.78, 5) is 25.4. The van der Waals surface area contributed by atoms with Gasteiger partial charge in [-0.25, -0.2) is 0 Å². The Hall–Kier alpha value is -2.33. The maximum atomic E-state index is 12.0. The standard InChI is InChI=1S/C18H16ClNO3/c19-13-7-9-14(10-8-13)23-12-4-3-11-20-16-6-2-1-5-15(16)17(21)18(20)22/h1-2,5-10H,3-4,11-12H2. The molecule has 118 valence electrons. The minimum atomic E-state index is -0.440. The van der Waals surface area contributed by atoms with E-state index in [4.69, 9.17) is 16.3 Å². The quantitative estimate of drug-likeness (QED) is 0.599. The molecule has 2 aromatic carbocycles. The zero-order chi connectivity index (χ0) is 16.2. The maximum absolute atomic E-state index is 12.0. The zero-order valence-electron chi connectivity index (χ0n) is 12.5. The summed E-state index contributed by atoms with van der Waals surface area (Å²) in [6, 6.07) is 14.3. The van der Waals surface area contributed by atoms with Gasteiger partial charge in [0, 0.05) is 11.6 Å². The summed E-state index contributed by atoms with van der Waals surface area (Å²) in [5.74, 6) is -0.0880. The summed E-state index contributed by atoms with van der Waals surface area (Å²) < 4.78 is 5.61. The van der Waals surface area contributed by atoms with Crippen molar-refractivity contribution in [2.75, 3.05) is 18.1 Å². The Bertz CT molecular complexity index is 727. The number of Topliss-reactive ketones (excluding diaryl/α,β-unsaturated/α-hetero) is 1. The van der Waals surface area contributed by atoms with Gasteiger partial charge < -0.3 is 9.64 Å². The molecule has 0 fully saturated rings. The van der Waals surface area contributed by atoms with Crippen LogP contribution in [0.2, 0.25) is 5.02 Å². The van der Waals surface area contributed by atoms with E-state index in [-0.39, 0.29) is 0 Å². The number of rotatable bonds is 6. The third-order valence-electron chi connectivity index (χ3n) is 3.74. The number of para-hydroxylation sites is 1. The second kappa shape index (κ2) is 6.84. The Morgan fingerprint density at radius 2 is 1.70 bits per heavy atom. The number of halogens is 1. The van der Waals surface area contributed by atoms with Crippen LogP contribution in [0.4, 0.5) is 5.69 Å². The van der Waals surface area contributed by atoms with E-state index in [1.54, 1.807) is 29.2 Å². The highest BCUT2D eigenvalue weighted by Gasteiger charge is 2.34. The number of hydrogen-bond acceptors (Lipinski definition) is 3. The molecule has 2 aromatic rings. The van der Waals surface area contributed by atoms with Gasteiger partial charge in [-0.15, -0.1) is 0 Å². The highest BCUT2D eigenvalue weighted by atomic mass is 35.5. The van der Waals surface area contributed by atoms with Crippen molar-refractivity contribution in [2.24, 2.45) is 0 Å². The monoisotopic (exact) mass is 329 g/mol. The van der Waals surface area contributed by atoms with Crippen LogP contribution >= 0.6 is 11.6 Å². The van der Waals surface area contributed by atoms with Crippen LogP contribution in [0.1, 0.15) is 23.2 Å². The fourth-order valence-electron chi connectivity index (χ4n) is 2.56. The zero-order valence-corrected chi connectivity index (χ0v) is 13.3. The van der Waals surface area contributed by atoms with E-state index in [9.17, 15) is 9.59 Å². The highest BCUT2D eigenvalue weighted by molar-refractivity contribution is 6.52. The molecule has 0 N–H and O–H groups in total. The molecular formula is C18H16ClNO3.